The molecule has 240 valence electrons. The van der Waals surface area contributed by atoms with Crippen LogP contribution < -0.4 is 10.2 Å². The quantitative estimate of drug-likeness (QED) is 0.255. The molecule has 2 saturated carbocycles. The van der Waals surface area contributed by atoms with E-state index in [1.54, 1.807) is 0 Å². The molecule has 2 amide bonds. The molecule has 16 heteroatoms. The molecule has 3 fully saturated rings. The summed E-state index contributed by atoms with van der Waals surface area (Å²) in [5.74, 6) is -6.24. The predicted octanol–water partition coefficient (Wildman–Crippen LogP) is 7.08. The van der Waals surface area contributed by atoms with Crippen molar-refractivity contribution in [1.82, 2.24) is 15.2 Å². The Hall–Kier alpha value is -3.61. The summed E-state index contributed by atoms with van der Waals surface area (Å²) >= 11 is 0. The molecule has 3 unspecified atom stereocenters. The number of alkyl halides is 2. The fourth-order valence-corrected chi connectivity index (χ4v) is 7.19. The maximum absolute atomic E-state index is 14.4. The Balaban J connectivity index is 1.62. The first-order chi connectivity index (χ1) is 20.1. The van der Waals surface area contributed by atoms with Crippen molar-refractivity contribution in [2.24, 2.45) is 17.3 Å². The number of anilines is 1. The van der Waals surface area contributed by atoms with Gasteiger partial charge >= 0.3 is 10.2 Å². The summed E-state index contributed by atoms with van der Waals surface area (Å²) in [6.45, 7) is 3.92. The van der Waals surface area contributed by atoms with Crippen molar-refractivity contribution in [3.8, 4) is 6.19 Å². The molecular formula is C28H29F8N5O2S. The molecule has 2 aliphatic carbocycles. The van der Waals surface area contributed by atoms with Crippen molar-refractivity contribution in [2.75, 3.05) is 11.4 Å². The van der Waals surface area contributed by atoms with Crippen LogP contribution in [0.4, 0.5) is 38.3 Å². The third kappa shape index (κ3) is 6.02. The average molecular weight is 652 g/mol. The van der Waals surface area contributed by atoms with E-state index in [0.29, 0.717) is 12.1 Å². The average Bonchev–Trinajstić information content (AvgIpc) is 3.24. The van der Waals surface area contributed by atoms with Gasteiger partial charge in [-0.05, 0) is 60.4 Å². The van der Waals surface area contributed by atoms with E-state index in [1.165, 1.54) is 4.90 Å². The zero-order valence-corrected chi connectivity index (χ0v) is 24.3. The Kier molecular flexibility index (Phi) is 7.01. The van der Waals surface area contributed by atoms with Crippen LogP contribution in [0, 0.1) is 34.5 Å². The smallest absolute Gasteiger partial charge is 0.310 e. The van der Waals surface area contributed by atoms with Gasteiger partial charge in [-0.1, -0.05) is 33.3 Å². The van der Waals surface area contributed by atoms with Crippen LogP contribution in [0.15, 0.2) is 47.6 Å². The van der Waals surface area contributed by atoms with Gasteiger partial charge < -0.3 is 5.32 Å². The van der Waals surface area contributed by atoms with Gasteiger partial charge in [0.2, 0.25) is 11.8 Å². The number of aromatic nitrogens is 1. The van der Waals surface area contributed by atoms with Crippen LogP contribution >= 0.6 is 10.2 Å². The SMILES string of the molecule is CC1(C)C2CN(C#N)[C@@H](C(=O)N(c3ccc(S(F)(F)(F)(F)F)cc3)C(C(=O)NC3CCC(F)(F)CC3)c3cncc(F)c3)C21. The fourth-order valence-electron chi connectivity index (χ4n) is 6.54. The van der Waals surface area contributed by atoms with Gasteiger partial charge in [0.25, 0.3) is 5.91 Å². The zero-order valence-electron chi connectivity index (χ0n) is 23.5. The first kappa shape index (κ1) is 31.8. The number of hydrogen-bond acceptors (Lipinski definition) is 5. The van der Waals surface area contributed by atoms with Crippen LogP contribution in [0.2, 0.25) is 0 Å². The molecule has 1 saturated heterocycles. The molecule has 2 aromatic rings. The first-order valence-electron chi connectivity index (χ1n) is 13.8. The molecule has 1 aliphatic heterocycles. The number of hydrogen-bond donors (Lipinski definition) is 1. The molecule has 1 N–H and O–H groups in total. The van der Waals surface area contributed by atoms with Gasteiger partial charge in [0, 0.05) is 42.9 Å². The molecule has 4 atom stereocenters. The Morgan fingerprint density at radius 3 is 2.25 bits per heavy atom. The standard InChI is InChI=1S/C28H29F8N5O2S/c1-27(2)21-14-40(15-37)24(22(21)27)26(43)41(19-3-5-20(6-4-19)44(32,33,34,35)36)23(16-11-17(29)13-38-12-16)25(42)39-18-7-9-28(30,31)10-8-18/h3-6,11-13,18,21-24H,7-10,14H2,1-2H3,(H,39,42)/t21?,22?,23?,24-/m1/s1. The topological polar surface area (TPSA) is 89.3 Å². The van der Waals surface area contributed by atoms with E-state index in [4.69, 9.17) is 0 Å². The van der Waals surface area contributed by atoms with Crippen LogP contribution in [-0.2, 0) is 9.59 Å². The second kappa shape index (κ2) is 9.69. The number of fused-ring (bicyclic) bond motifs is 1. The number of carbonyl (C=O) groups excluding carboxylic acids is 2. The maximum atomic E-state index is 14.4. The molecule has 0 spiro atoms. The van der Waals surface area contributed by atoms with Gasteiger partial charge in [0.05, 0.1) is 6.20 Å². The Bertz CT molecular complexity index is 1520. The largest absolute Gasteiger partial charge is 0.351 e. The molecule has 1 aromatic carbocycles. The van der Waals surface area contributed by atoms with E-state index in [2.05, 4.69) is 10.3 Å². The van der Waals surface area contributed by atoms with Crippen LogP contribution in [0.1, 0.15) is 51.1 Å². The van der Waals surface area contributed by atoms with Gasteiger partial charge in [-0.3, -0.25) is 24.4 Å². The monoisotopic (exact) mass is 651 g/mol. The number of carbonyl (C=O) groups is 2. The molecule has 7 nitrogen and oxygen atoms in total. The van der Waals surface area contributed by atoms with Gasteiger partial charge in [-0.25, -0.2) is 13.2 Å². The van der Waals surface area contributed by atoms with Crippen molar-refractivity contribution in [3.05, 3.63) is 54.1 Å². The number of nitrogens with one attached hydrogen (secondary N) is 1. The number of likely N-dealkylation sites (tertiary alicyclic amines) is 1. The fraction of sp³-hybridized carbons (Fsp3) is 0.500. The number of rotatable bonds is 7. The van der Waals surface area contributed by atoms with Crippen LogP contribution in [0.5, 0.6) is 0 Å². The van der Waals surface area contributed by atoms with E-state index in [9.17, 15) is 47.5 Å². The second-order valence-electron chi connectivity index (χ2n) is 12.3. The molecule has 0 bridgehead atoms. The molecule has 3 aliphatic rings. The highest BCUT2D eigenvalue weighted by Crippen LogP contribution is 3.02. The van der Waals surface area contributed by atoms with Crippen LogP contribution in [0.3, 0.4) is 0 Å². The van der Waals surface area contributed by atoms with Crippen molar-refractivity contribution in [1.29, 1.82) is 5.26 Å². The molecule has 0 radical (unpaired) electrons. The van der Waals surface area contributed by atoms with Gasteiger partial charge in [0.1, 0.15) is 22.8 Å². The highest BCUT2D eigenvalue weighted by molar-refractivity contribution is 8.45. The molecule has 2 heterocycles. The number of pyridine rings is 1. The highest BCUT2D eigenvalue weighted by Gasteiger charge is 2.69. The Morgan fingerprint density at radius 1 is 1.09 bits per heavy atom. The normalized spacial score (nSPS) is 26.4. The third-order valence-electron chi connectivity index (χ3n) is 9.00. The number of amides is 2. The Morgan fingerprint density at radius 2 is 1.70 bits per heavy atom. The molecule has 1 aromatic heterocycles. The van der Waals surface area contributed by atoms with Gasteiger partial charge in [-0.2, -0.15) is 5.26 Å². The predicted molar refractivity (Wildman–Crippen MR) is 144 cm³/mol. The van der Waals surface area contributed by atoms with Crippen molar-refractivity contribution < 1.29 is 42.2 Å². The lowest BCUT2D eigenvalue weighted by molar-refractivity contribution is -0.129. The van der Waals surface area contributed by atoms with E-state index in [0.717, 1.165) is 23.4 Å². The van der Waals surface area contributed by atoms with Gasteiger partial charge in [0.15, 0.2) is 6.19 Å². The number of halogens is 8. The number of benzene rings is 1. The summed E-state index contributed by atoms with van der Waals surface area (Å²) in [5.41, 5.74) is -1.04. The number of piperidine rings is 1. The van der Waals surface area contributed by atoms with Crippen molar-refractivity contribution in [3.63, 3.8) is 0 Å². The lowest BCUT2D eigenvalue weighted by atomic mass is 9.91. The minimum absolute atomic E-state index is 0.0831. The summed E-state index contributed by atoms with van der Waals surface area (Å²) in [6, 6.07) is -1.54. The molecular weight excluding hydrogens is 622 g/mol. The highest BCUT2D eigenvalue weighted by atomic mass is 32.5. The zero-order chi connectivity index (χ0) is 32.5. The minimum Gasteiger partial charge on any atom is -0.351 e. The third-order valence-corrected chi connectivity index (χ3v) is 10.2. The summed E-state index contributed by atoms with van der Waals surface area (Å²) in [5, 5.41) is 12.4. The second-order valence-corrected chi connectivity index (χ2v) is 14.7. The Labute approximate surface area is 247 Å². The minimum atomic E-state index is -10.1. The van der Waals surface area contributed by atoms with E-state index >= 15 is 0 Å². The summed E-state index contributed by atoms with van der Waals surface area (Å²) < 4.78 is 110. The summed E-state index contributed by atoms with van der Waals surface area (Å²) in [4.78, 5) is 31.7. The lowest BCUT2D eigenvalue weighted by Crippen LogP contribution is -2.53. The molecule has 5 rings (SSSR count). The lowest BCUT2D eigenvalue weighted by Gasteiger charge is -2.41. The maximum Gasteiger partial charge on any atom is 0.310 e. The number of nitrogens with zero attached hydrogens (tertiary/aromatic N) is 4. The summed E-state index contributed by atoms with van der Waals surface area (Å²) in [6.07, 6.45) is 2.48. The summed E-state index contributed by atoms with van der Waals surface area (Å²) in [7, 11) is -10.1. The van der Waals surface area contributed by atoms with Crippen molar-refractivity contribution >= 4 is 27.7 Å². The number of nitriles is 1. The van der Waals surface area contributed by atoms with Crippen LogP contribution in [-0.4, -0.2) is 46.2 Å². The van der Waals surface area contributed by atoms with E-state index in [1.807, 2.05) is 20.0 Å². The van der Waals surface area contributed by atoms with E-state index in [-0.39, 0.29) is 43.0 Å². The van der Waals surface area contributed by atoms with Crippen LogP contribution in [0.25, 0.3) is 0 Å². The molecule has 44 heavy (non-hydrogen) atoms. The first-order valence-corrected chi connectivity index (χ1v) is 15.7. The van der Waals surface area contributed by atoms with Gasteiger partial charge in [-0.15, -0.1) is 0 Å². The van der Waals surface area contributed by atoms with Crippen molar-refractivity contribution in [2.45, 2.75) is 68.5 Å². The van der Waals surface area contributed by atoms with E-state index < -0.39 is 86.7 Å².